The van der Waals surface area contributed by atoms with Crippen LogP contribution >= 0.6 is 0 Å². The third-order valence-electron chi connectivity index (χ3n) is 4.15. The number of carboxylic acid groups (broad SMARTS) is 1. The number of rotatable bonds is 4. The van der Waals surface area contributed by atoms with Gasteiger partial charge in [-0.25, -0.2) is 9.78 Å². The number of carboxylic acids is 1. The molecule has 4 heterocycles. The highest BCUT2D eigenvalue weighted by atomic mass is 19.4. The molecule has 1 unspecified atom stereocenters. The SMILES string of the molecule is N#CCC(c1ccoc1)n1cc(-c2ccnc3[nH]ccc23)cn1.O=C(O)C(F)(F)F. The summed E-state index contributed by atoms with van der Waals surface area (Å²) in [7, 11) is 0. The summed E-state index contributed by atoms with van der Waals surface area (Å²) in [6, 6.07) is 7.88. The van der Waals surface area contributed by atoms with Gasteiger partial charge in [-0.1, -0.05) is 0 Å². The first-order valence-corrected chi connectivity index (χ1v) is 8.47. The molecule has 0 radical (unpaired) electrons. The largest absolute Gasteiger partial charge is 0.490 e. The van der Waals surface area contributed by atoms with Crippen molar-refractivity contribution < 1.29 is 27.5 Å². The summed E-state index contributed by atoms with van der Waals surface area (Å²) in [5.41, 5.74) is 3.83. The molecule has 4 aromatic rings. The molecule has 0 bridgehead atoms. The van der Waals surface area contributed by atoms with Crippen molar-refractivity contribution in [3.05, 3.63) is 61.1 Å². The van der Waals surface area contributed by atoms with Crippen molar-refractivity contribution in [2.24, 2.45) is 0 Å². The number of hydrogen-bond acceptors (Lipinski definition) is 5. The van der Waals surface area contributed by atoms with Crippen LogP contribution < -0.4 is 0 Å². The lowest BCUT2D eigenvalue weighted by Gasteiger charge is -2.11. The molecule has 0 amide bonds. The maximum absolute atomic E-state index is 10.6. The molecule has 0 aliphatic heterocycles. The highest BCUT2D eigenvalue weighted by Gasteiger charge is 2.38. The monoisotopic (exact) mass is 417 g/mol. The van der Waals surface area contributed by atoms with E-state index in [1.54, 1.807) is 18.7 Å². The standard InChI is InChI=1S/C17H13N5O.C2HF3O2/c18-5-1-16(12-4-8-23-11-12)22-10-13(9-21-22)14-2-6-19-17-15(14)3-7-20-17;3-2(4,5)1(6)7/h2-4,6-11,16H,1H2,(H,19,20);(H,6,7). The first-order valence-electron chi connectivity index (χ1n) is 8.47. The van der Waals surface area contributed by atoms with Crippen LogP contribution in [0, 0.1) is 11.3 Å². The summed E-state index contributed by atoms with van der Waals surface area (Å²) in [6.07, 6.45) is 5.92. The number of H-pyrrole nitrogens is 1. The predicted molar refractivity (Wildman–Crippen MR) is 98.1 cm³/mol. The highest BCUT2D eigenvalue weighted by molar-refractivity contribution is 5.92. The van der Waals surface area contributed by atoms with Crippen LogP contribution in [0.1, 0.15) is 18.0 Å². The fourth-order valence-electron chi connectivity index (χ4n) is 2.78. The summed E-state index contributed by atoms with van der Waals surface area (Å²) < 4.78 is 38.7. The van der Waals surface area contributed by atoms with Gasteiger partial charge in [0.25, 0.3) is 0 Å². The molecular formula is C19H14F3N5O3. The molecule has 0 spiro atoms. The van der Waals surface area contributed by atoms with Gasteiger partial charge in [-0.3, -0.25) is 4.68 Å². The molecule has 2 N–H and O–H groups in total. The third kappa shape index (κ3) is 4.49. The molecule has 4 aromatic heterocycles. The van der Waals surface area contributed by atoms with Gasteiger partial charge < -0.3 is 14.5 Å². The number of hydrogen-bond donors (Lipinski definition) is 2. The number of nitriles is 1. The Balaban J connectivity index is 0.000000318. The van der Waals surface area contributed by atoms with Crippen LogP contribution in [-0.2, 0) is 4.79 Å². The van der Waals surface area contributed by atoms with E-state index in [0.717, 1.165) is 27.7 Å². The van der Waals surface area contributed by atoms with Gasteiger partial charge in [0.05, 0.1) is 37.3 Å². The van der Waals surface area contributed by atoms with E-state index < -0.39 is 12.1 Å². The van der Waals surface area contributed by atoms with E-state index in [9.17, 15) is 13.2 Å². The Morgan fingerprint density at radius 1 is 1.37 bits per heavy atom. The van der Waals surface area contributed by atoms with Gasteiger partial charge in [0.2, 0.25) is 0 Å². The minimum absolute atomic E-state index is 0.156. The quantitative estimate of drug-likeness (QED) is 0.514. The number of nitrogens with one attached hydrogen (secondary N) is 1. The molecule has 30 heavy (non-hydrogen) atoms. The number of alkyl halides is 3. The van der Waals surface area contributed by atoms with Crippen molar-refractivity contribution in [1.82, 2.24) is 19.7 Å². The zero-order valence-electron chi connectivity index (χ0n) is 15.2. The number of furan rings is 1. The molecule has 0 saturated carbocycles. The van der Waals surface area contributed by atoms with Crippen molar-refractivity contribution in [2.45, 2.75) is 18.6 Å². The lowest BCUT2D eigenvalue weighted by molar-refractivity contribution is -0.192. The number of aromatic amines is 1. The van der Waals surface area contributed by atoms with Crippen molar-refractivity contribution >= 4 is 17.0 Å². The van der Waals surface area contributed by atoms with Gasteiger partial charge in [0.15, 0.2) is 0 Å². The van der Waals surface area contributed by atoms with Gasteiger partial charge >= 0.3 is 12.1 Å². The van der Waals surface area contributed by atoms with Crippen LogP contribution in [0.15, 0.2) is 59.9 Å². The Morgan fingerprint density at radius 2 is 2.13 bits per heavy atom. The van der Waals surface area contributed by atoms with Crippen molar-refractivity contribution in [3.63, 3.8) is 0 Å². The van der Waals surface area contributed by atoms with Gasteiger partial charge in [-0.05, 0) is 23.8 Å². The number of aliphatic carboxylic acids is 1. The van der Waals surface area contributed by atoms with Crippen LogP contribution in [0.3, 0.4) is 0 Å². The van der Waals surface area contributed by atoms with Gasteiger partial charge in [-0.15, -0.1) is 0 Å². The first-order chi connectivity index (χ1) is 14.3. The van der Waals surface area contributed by atoms with Gasteiger partial charge in [0, 0.05) is 35.1 Å². The Labute approximate surface area is 167 Å². The first kappa shape index (κ1) is 20.7. The maximum atomic E-state index is 10.6. The zero-order chi connectivity index (χ0) is 21.7. The highest BCUT2D eigenvalue weighted by Crippen LogP contribution is 2.29. The topological polar surface area (TPSA) is 121 Å². The fourth-order valence-corrected chi connectivity index (χ4v) is 2.78. The van der Waals surface area contributed by atoms with Crippen LogP contribution in [0.4, 0.5) is 13.2 Å². The Kier molecular flexibility index (Phi) is 5.87. The lowest BCUT2D eigenvalue weighted by atomic mass is 10.1. The smallest absolute Gasteiger partial charge is 0.475 e. The minimum Gasteiger partial charge on any atom is -0.475 e. The van der Waals surface area contributed by atoms with E-state index in [1.807, 2.05) is 41.5 Å². The van der Waals surface area contributed by atoms with Crippen molar-refractivity contribution in [1.29, 1.82) is 5.26 Å². The van der Waals surface area contributed by atoms with Crippen molar-refractivity contribution in [2.75, 3.05) is 0 Å². The fraction of sp³-hybridized carbons (Fsp3) is 0.158. The number of aromatic nitrogens is 4. The Hall–Kier alpha value is -4.07. The van der Waals surface area contributed by atoms with Crippen LogP contribution in [0.25, 0.3) is 22.2 Å². The number of fused-ring (bicyclic) bond motifs is 1. The molecule has 11 heteroatoms. The number of nitrogens with zero attached hydrogens (tertiary/aromatic N) is 4. The molecule has 0 aliphatic carbocycles. The van der Waals surface area contributed by atoms with E-state index in [1.165, 1.54) is 0 Å². The average Bonchev–Trinajstić information content (AvgIpc) is 3.47. The van der Waals surface area contributed by atoms with Crippen LogP contribution in [0.5, 0.6) is 0 Å². The summed E-state index contributed by atoms with van der Waals surface area (Å²) >= 11 is 0. The van der Waals surface area contributed by atoms with Crippen molar-refractivity contribution in [3.8, 4) is 17.2 Å². The maximum Gasteiger partial charge on any atom is 0.490 e. The van der Waals surface area contributed by atoms with E-state index in [2.05, 4.69) is 21.1 Å². The normalized spacial score (nSPS) is 12.1. The summed E-state index contributed by atoms with van der Waals surface area (Å²) in [5.74, 6) is -2.76. The second-order valence-corrected chi connectivity index (χ2v) is 6.05. The molecule has 154 valence electrons. The molecule has 0 saturated heterocycles. The molecule has 0 fully saturated rings. The molecule has 0 aromatic carbocycles. The molecular weight excluding hydrogens is 403 g/mol. The molecule has 1 atom stereocenters. The average molecular weight is 417 g/mol. The van der Waals surface area contributed by atoms with Gasteiger partial charge in [-0.2, -0.15) is 23.5 Å². The number of pyridine rings is 1. The second-order valence-electron chi connectivity index (χ2n) is 6.05. The predicted octanol–water partition coefficient (Wildman–Crippen LogP) is 4.16. The van der Waals surface area contributed by atoms with Gasteiger partial charge in [0.1, 0.15) is 5.65 Å². The summed E-state index contributed by atoms with van der Waals surface area (Å²) in [6.45, 7) is 0. The summed E-state index contributed by atoms with van der Waals surface area (Å²) in [4.78, 5) is 16.3. The number of halogens is 3. The van der Waals surface area contributed by atoms with E-state index in [-0.39, 0.29) is 6.04 Å². The molecule has 4 rings (SSSR count). The second kappa shape index (κ2) is 8.52. The minimum atomic E-state index is -5.08. The summed E-state index contributed by atoms with van der Waals surface area (Å²) in [5, 5.41) is 21.7. The van der Waals surface area contributed by atoms with E-state index in [4.69, 9.17) is 19.6 Å². The van der Waals surface area contributed by atoms with E-state index in [0.29, 0.717) is 6.42 Å². The van der Waals surface area contributed by atoms with Crippen LogP contribution in [0.2, 0.25) is 0 Å². The molecule has 8 nitrogen and oxygen atoms in total. The van der Waals surface area contributed by atoms with Crippen LogP contribution in [-0.4, -0.2) is 37.0 Å². The Morgan fingerprint density at radius 3 is 2.77 bits per heavy atom. The van der Waals surface area contributed by atoms with E-state index >= 15 is 0 Å². The molecule has 0 aliphatic rings. The Bertz CT molecular complexity index is 1170. The zero-order valence-corrected chi connectivity index (χ0v) is 15.2. The number of carbonyl (C=O) groups is 1. The lowest BCUT2D eigenvalue weighted by Crippen LogP contribution is -2.21. The third-order valence-corrected chi connectivity index (χ3v) is 4.15.